The zero-order valence-electron chi connectivity index (χ0n) is 11.3. The first-order valence-corrected chi connectivity index (χ1v) is 6.69. The minimum Gasteiger partial charge on any atom is -0.378 e. The monoisotopic (exact) mass is 292 g/mol. The van der Waals surface area contributed by atoms with Gasteiger partial charge >= 0.3 is 0 Å². The van der Waals surface area contributed by atoms with Gasteiger partial charge in [0.25, 0.3) is 0 Å². The SMILES string of the molecule is C=C(C)C(O)(COC1C=CC(Cl)=CC1)c1cncnc1. The van der Waals surface area contributed by atoms with Crippen LogP contribution in [0.25, 0.3) is 0 Å². The molecule has 0 bridgehead atoms. The van der Waals surface area contributed by atoms with E-state index < -0.39 is 5.60 Å². The first-order chi connectivity index (χ1) is 9.52. The molecule has 1 N–H and O–H groups in total. The van der Waals surface area contributed by atoms with E-state index in [1.807, 2.05) is 12.2 Å². The van der Waals surface area contributed by atoms with E-state index in [1.54, 1.807) is 25.4 Å². The molecule has 20 heavy (non-hydrogen) atoms. The van der Waals surface area contributed by atoms with Crippen LogP contribution in [0.5, 0.6) is 0 Å². The number of aliphatic hydroxyl groups is 1. The van der Waals surface area contributed by atoms with E-state index in [0.29, 0.717) is 22.6 Å². The van der Waals surface area contributed by atoms with Crippen molar-refractivity contribution in [1.29, 1.82) is 0 Å². The second-order valence-electron chi connectivity index (χ2n) is 4.80. The van der Waals surface area contributed by atoms with Crippen molar-refractivity contribution < 1.29 is 9.84 Å². The van der Waals surface area contributed by atoms with Crippen LogP contribution in [0.3, 0.4) is 0 Å². The molecule has 4 nitrogen and oxygen atoms in total. The van der Waals surface area contributed by atoms with Crippen LogP contribution in [-0.4, -0.2) is 27.8 Å². The van der Waals surface area contributed by atoms with Gasteiger partial charge in [-0.25, -0.2) is 9.97 Å². The number of hydrogen-bond donors (Lipinski definition) is 1. The molecule has 1 aromatic heterocycles. The minimum atomic E-state index is -1.29. The van der Waals surface area contributed by atoms with Crippen molar-refractivity contribution in [2.45, 2.75) is 25.0 Å². The third kappa shape index (κ3) is 3.33. The Kier molecular flexibility index (Phi) is 4.70. The first-order valence-electron chi connectivity index (χ1n) is 6.31. The summed E-state index contributed by atoms with van der Waals surface area (Å²) in [5.74, 6) is 0. The minimum absolute atomic E-state index is 0.0934. The molecule has 2 atom stereocenters. The molecule has 1 heterocycles. The van der Waals surface area contributed by atoms with Crippen LogP contribution >= 0.6 is 11.6 Å². The van der Waals surface area contributed by atoms with Gasteiger partial charge in [0.05, 0.1) is 12.7 Å². The lowest BCUT2D eigenvalue weighted by Crippen LogP contribution is -2.34. The van der Waals surface area contributed by atoms with Crippen LogP contribution in [0.2, 0.25) is 0 Å². The Morgan fingerprint density at radius 2 is 2.25 bits per heavy atom. The molecule has 0 fully saturated rings. The number of hydrogen-bond acceptors (Lipinski definition) is 4. The van der Waals surface area contributed by atoms with Crippen molar-refractivity contribution in [3.8, 4) is 0 Å². The van der Waals surface area contributed by atoms with Crippen LogP contribution in [0.15, 0.2) is 54.1 Å². The smallest absolute Gasteiger partial charge is 0.136 e. The molecule has 5 heteroatoms. The molecule has 0 saturated carbocycles. The summed E-state index contributed by atoms with van der Waals surface area (Å²) < 4.78 is 5.76. The zero-order chi connectivity index (χ0) is 14.6. The fourth-order valence-corrected chi connectivity index (χ4v) is 2.05. The molecule has 106 valence electrons. The van der Waals surface area contributed by atoms with E-state index in [4.69, 9.17) is 16.3 Å². The summed E-state index contributed by atoms with van der Waals surface area (Å²) in [6, 6.07) is 0. The normalized spacial score (nSPS) is 21.1. The Balaban J connectivity index is 2.08. The molecule has 0 aliphatic heterocycles. The van der Waals surface area contributed by atoms with Gasteiger partial charge < -0.3 is 9.84 Å². The van der Waals surface area contributed by atoms with Crippen molar-refractivity contribution in [2.75, 3.05) is 6.61 Å². The van der Waals surface area contributed by atoms with Crippen molar-refractivity contribution in [3.63, 3.8) is 0 Å². The second kappa shape index (κ2) is 6.31. The quantitative estimate of drug-likeness (QED) is 0.848. The number of nitrogens with zero attached hydrogens (tertiary/aromatic N) is 2. The molecule has 2 unspecified atom stereocenters. The Labute approximate surface area is 123 Å². The molecule has 1 aliphatic rings. The lowest BCUT2D eigenvalue weighted by atomic mass is 9.90. The maximum atomic E-state index is 10.8. The van der Waals surface area contributed by atoms with Crippen LogP contribution in [0.1, 0.15) is 18.9 Å². The maximum absolute atomic E-state index is 10.8. The van der Waals surface area contributed by atoms with Crippen molar-refractivity contribution in [3.05, 3.63) is 59.7 Å². The van der Waals surface area contributed by atoms with E-state index in [-0.39, 0.29) is 12.7 Å². The highest BCUT2D eigenvalue weighted by Gasteiger charge is 2.32. The van der Waals surface area contributed by atoms with E-state index >= 15 is 0 Å². The van der Waals surface area contributed by atoms with Gasteiger partial charge in [0, 0.05) is 23.0 Å². The molecule has 1 aromatic rings. The van der Waals surface area contributed by atoms with E-state index in [1.165, 1.54) is 6.33 Å². The number of aromatic nitrogens is 2. The van der Waals surface area contributed by atoms with Crippen molar-refractivity contribution in [1.82, 2.24) is 9.97 Å². The molecular weight excluding hydrogens is 276 g/mol. The average Bonchev–Trinajstić information content (AvgIpc) is 2.47. The predicted molar refractivity (Wildman–Crippen MR) is 78.2 cm³/mol. The summed E-state index contributed by atoms with van der Waals surface area (Å²) >= 11 is 5.86. The van der Waals surface area contributed by atoms with E-state index in [9.17, 15) is 5.11 Å². The summed E-state index contributed by atoms with van der Waals surface area (Å²) in [5, 5.41) is 11.5. The number of allylic oxidation sites excluding steroid dienone is 2. The van der Waals surface area contributed by atoms with Crippen molar-refractivity contribution >= 4 is 11.6 Å². The summed E-state index contributed by atoms with van der Waals surface area (Å²) in [5.41, 5.74) is -0.137. The van der Waals surface area contributed by atoms with Gasteiger partial charge in [-0.15, -0.1) is 0 Å². The third-order valence-electron chi connectivity index (χ3n) is 3.27. The van der Waals surface area contributed by atoms with Gasteiger partial charge in [-0.1, -0.05) is 30.3 Å². The molecule has 0 spiro atoms. The van der Waals surface area contributed by atoms with Gasteiger partial charge in [-0.05, 0) is 25.0 Å². The largest absolute Gasteiger partial charge is 0.378 e. The topological polar surface area (TPSA) is 55.2 Å². The van der Waals surface area contributed by atoms with E-state index in [0.717, 1.165) is 0 Å². The maximum Gasteiger partial charge on any atom is 0.136 e. The van der Waals surface area contributed by atoms with Crippen molar-refractivity contribution in [2.24, 2.45) is 0 Å². The van der Waals surface area contributed by atoms with Gasteiger partial charge in [-0.2, -0.15) is 0 Å². The second-order valence-corrected chi connectivity index (χ2v) is 5.24. The highest BCUT2D eigenvalue weighted by atomic mass is 35.5. The van der Waals surface area contributed by atoms with Gasteiger partial charge in [-0.3, -0.25) is 0 Å². The van der Waals surface area contributed by atoms with Crippen LogP contribution in [-0.2, 0) is 10.3 Å². The zero-order valence-corrected chi connectivity index (χ0v) is 12.0. The third-order valence-corrected chi connectivity index (χ3v) is 3.55. The van der Waals surface area contributed by atoms with Crippen LogP contribution in [0.4, 0.5) is 0 Å². The van der Waals surface area contributed by atoms with Gasteiger partial charge in [0.1, 0.15) is 11.9 Å². The van der Waals surface area contributed by atoms with E-state index in [2.05, 4.69) is 16.5 Å². The lowest BCUT2D eigenvalue weighted by molar-refractivity contribution is -0.0429. The Morgan fingerprint density at radius 3 is 2.80 bits per heavy atom. The highest BCUT2D eigenvalue weighted by Crippen LogP contribution is 2.29. The molecule has 0 saturated heterocycles. The molecule has 0 aromatic carbocycles. The Hall–Kier alpha value is -1.49. The molecule has 0 radical (unpaired) electrons. The summed E-state index contributed by atoms with van der Waals surface area (Å²) in [7, 11) is 0. The summed E-state index contributed by atoms with van der Waals surface area (Å²) in [6.45, 7) is 5.69. The number of ether oxygens (including phenoxy) is 1. The van der Waals surface area contributed by atoms with Gasteiger partial charge in [0.2, 0.25) is 0 Å². The van der Waals surface area contributed by atoms with Crippen LogP contribution in [0, 0.1) is 0 Å². The fraction of sp³-hybridized carbons (Fsp3) is 0.333. The summed E-state index contributed by atoms with van der Waals surface area (Å²) in [6.07, 6.45) is 10.7. The Bertz CT molecular complexity index is 542. The lowest BCUT2D eigenvalue weighted by Gasteiger charge is -2.30. The molecular formula is C15H17ClN2O2. The fourth-order valence-electron chi connectivity index (χ4n) is 1.89. The number of halogens is 1. The van der Waals surface area contributed by atoms with Crippen LogP contribution < -0.4 is 0 Å². The number of rotatable bonds is 5. The Morgan fingerprint density at radius 1 is 1.55 bits per heavy atom. The predicted octanol–water partition coefficient (Wildman–Crippen LogP) is 2.71. The standard InChI is InChI=1S/C15H17ClN2O2/c1-11(2)15(19,12-7-17-10-18-8-12)9-20-14-5-3-13(16)4-6-14/h3-5,7-8,10,14,19H,1,6,9H2,2H3. The molecule has 1 aliphatic carbocycles. The highest BCUT2D eigenvalue weighted by molar-refractivity contribution is 6.31. The average molecular weight is 293 g/mol. The molecule has 0 amide bonds. The molecule has 2 rings (SSSR count). The summed E-state index contributed by atoms with van der Waals surface area (Å²) in [4.78, 5) is 7.86. The van der Waals surface area contributed by atoms with Gasteiger partial charge in [0.15, 0.2) is 0 Å². The first kappa shape index (κ1) is 14.9.